The minimum Gasteiger partial charge on any atom is -0.330 e. The van der Waals surface area contributed by atoms with Gasteiger partial charge in [0.25, 0.3) is 5.69 Å². The predicted octanol–water partition coefficient (Wildman–Crippen LogP) is 3.12. The Morgan fingerprint density at radius 3 is 2.54 bits per heavy atom. The number of carbonyl (C=O) groups is 1. The van der Waals surface area contributed by atoms with Crippen molar-refractivity contribution in [3.63, 3.8) is 0 Å². The van der Waals surface area contributed by atoms with Crippen molar-refractivity contribution in [2.75, 3.05) is 26.7 Å². The molecule has 0 N–H and O–H groups in total. The van der Waals surface area contributed by atoms with Crippen LogP contribution in [-0.2, 0) is 4.79 Å². The first kappa shape index (κ1) is 17.8. The van der Waals surface area contributed by atoms with Gasteiger partial charge in [-0.15, -0.1) is 0 Å². The Balaban J connectivity index is 1.83. The van der Waals surface area contributed by atoms with E-state index in [9.17, 15) is 14.9 Å². The average molecular weight is 351 g/mol. The van der Waals surface area contributed by atoms with Gasteiger partial charge in [0.2, 0.25) is 5.91 Å². The summed E-state index contributed by atoms with van der Waals surface area (Å²) in [6, 6.07) is 16.3. The molecule has 1 unspecified atom stereocenters. The van der Waals surface area contributed by atoms with Crippen LogP contribution in [0.3, 0.4) is 0 Å². The lowest BCUT2D eigenvalue weighted by Crippen LogP contribution is -2.48. The number of hydrogen-bond acceptors (Lipinski definition) is 4. The number of piperazine rings is 1. The molecule has 134 valence electrons. The monoisotopic (exact) mass is 351 g/mol. The highest BCUT2D eigenvalue weighted by Crippen LogP contribution is 2.26. The summed E-state index contributed by atoms with van der Waals surface area (Å²) in [6.07, 6.45) is 2.96. The van der Waals surface area contributed by atoms with Crippen molar-refractivity contribution in [3.05, 3.63) is 81.9 Å². The molecule has 0 saturated carbocycles. The fourth-order valence-electron chi connectivity index (χ4n) is 3.20. The minimum absolute atomic E-state index is 0.00506. The summed E-state index contributed by atoms with van der Waals surface area (Å²) in [7, 11) is 2.04. The topological polar surface area (TPSA) is 66.7 Å². The van der Waals surface area contributed by atoms with Gasteiger partial charge < -0.3 is 9.80 Å². The number of rotatable bonds is 4. The third-order valence-electron chi connectivity index (χ3n) is 4.59. The van der Waals surface area contributed by atoms with E-state index in [1.807, 2.05) is 42.3 Å². The highest BCUT2D eigenvalue weighted by atomic mass is 16.6. The SMILES string of the molecule is CN1CCN(C(=O)/C=C/c2ccccc2[N+](=O)[O-])C(c2ccccc2)C1. The van der Waals surface area contributed by atoms with E-state index >= 15 is 0 Å². The number of hydrogen-bond donors (Lipinski definition) is 0. The molecule has 1 heterocycles. The van der Waals surface area contributed by atoms with Crippen molar-refractivity contribution in [3.8, 4) is 0 Å². The van der Waals surface area contributed by atoms with Crippen LogP contribution in [0.25, 0.3) is 6.08 Å². The number of carbonyl (C=O) groups excluding carboxylic acids is 1. The van der Waals surface area contributed by atoms with E-state index in [0.717, 1.165) is 18.7 Å². The van der Waals surface area contributed by atoms with Gasteiger partial charge in [-0.25, -0.2) is 0 Å². The molecule has 2 aromatic rings. The number of likely N-dealkylation sites (N-methyl/N-ethyl adjacent to an activating group) is 1. The second kappa shape index (κ2) is 7.93. The van der Waals surface area contributed by atoms with E-state index in [1.54, 1.807) is 18.2 Å². The Kier molecular flexibility index (Phi) is 5.43. The minimum atomic E-state index is -0.438. The number of benzene rings is 2. The first-order chi connectivity index (χ1) is 12.6. The number of para-hydroxylation sites is 1. The van der Waals surface area contributed by atoms with E-state index in [-0.39, 0.29) is 17.6 Å². The highest BCUT2D eigenvalue weighted by Gasteiger charge is 2.29. The molecule has 0 radical (unpaired) electrons. The Morgan fingerprint density at radius 1 is 1.12 bits per heavy atom. The van der Waals surface area contributed by atoms with Crippen LogP contribution >= 0.6 is 0 Å². The molecule has 6 nitrogen and oxygen atoms in total. The molecule has 0 aromatic heterocycles. The fraction of sp³-hybridized carbons (Fsp3) is 0.250. The zero-order valence-corrected chi connectivity index (χ0v) is 14.6. The van der Waals surface area contributed by atoms with Crippen molar-refractivity contribution in [2.45, 2.75) is 6.04 Å². The van der Waals surface area contributed by atoms with Gasteiger partial charge >= 0.3 is 0 Å². The van der Waals surface area contributed by atoms with Crippen LogP contribution in [0.2, 0.25) is 0 Å². The van der Waals surface area contributed by atoms with Crippen LogP contribution in [0, 0.1) is 10.1 Å². The zero-order chi connectivity index (χ0) is 18.5. The van der Waals surface area contributed by atoms with Crippen LogP contribution < -0.4 is 0 Å². The van der Waals surface area contributed by atoms with Gasteiger partial charge in [-0.2, -0.15) is 0 Å². The lowest BCUT2D eigenvalue weighted by Gasteiger charge is -2.39. The Hall–Kier alpha value is -2.99. The summed E-state index contributed by atoms with van der Waals surface area (Å²) in [5.41, 5.74) is 1.51. The van der Waals surface area contributed by atoms with E-state index in [4.69, 9.17) is 0 Å². The van der Waals surface area contributed by atoms with Crippen molar-refractivity contribution in [1.29, 1.82) is 0 Å². The molecule has 1 saturated heterocycles. The first-order valence-electron chi connectivity index (χ1n) is 8.52. The van der Waals surface area contributed by atoms with E-state index < -0.39 is 4.92 Å². The van der Waals surface area contributed by atoms with E-state index in [2.05, 4.69) is 4.90 Å². The normalized spacial score (nSPS) is 18.2. The predicted molar refractivity (Wildman–Crippen MR) is 101 cm³/mol. The maximum atomic E-state index is 12.8. The lowest BCUT2D eigenvalue weighted by molar-refractivity contribution is -0.385. The molecule has 6 heteroatoms. The number of nitro groups is 1. The van der Waals surface area contributed by atoms with Gasteiger partial charge in [-0.05, 0) is 24.8 Å². The van der Waals surface area contributed by atoms with Crippen molar-refractivity contribution >= 4 is 17.7 Å². The summed E-state index contributed by atoms with van der Waals surface area (Å²) in [4.78, 5) is 27.5. The molecule has 1 fully saturated rings. The summed E-state index contributed by atoms with van der Waals surface area (Å²) >= 11 is 0. The summed E-state index contributed by atoms with van der Waals surface area (Å²) in [6.45, 7) is 2.18. The number of nitrogens with zero attached hydrogens (tertiary/aromatic N) is 3. The third-order valence-corrected chi connectivity index (χ3v) is 4.59. The van der Waals surface area contributed by atoms with Gasteiger partial charge in [0, 0.05) is 31.8 Å². The molecular weight excluding hydrogens is 330 g/mol. The highest BCUT2D eigenvalue weighted by molar-refractivity contribution is 5.92. The average Bonchev–Trinajstić information content (AvgIpc) is 2.67. The smallest absolute Gasteiger partial charge is 0.276 e. The maximum absolute atomic E-state index is 12.8. The quantitative estimate of drug-likeness (QED) is 0.482. The molecule has 2 aromatic carbocycles. The van der Waals surface area contributed by atoms with E-state index in [0.29, 0.717) is 12.1 Å². The van der Waals surface area contributed by atoms with Crippen LogP contribution in [0.15, 0.2) is 60.7 Å². The van der Waals surface area contributed by atoms with E-state index in [1.165, 1.54) is 18.2 Å². The Morgan fingerprint density at radius 2 is 1.81 bits per heavy atom. The molecule has 26 heavy (non-hydrogen) atoms. The number of nitro benzene ring substituents is 1. The molecule has 3 rings (SSSR count). The molecular formula is C20H21N3O3. The second-order valence-corrected chi connectivity index (χ2v) is 6.37. The molecule has 1 aliphatic rings. The molecule has 1 atom stereocenters. The molecule has 1 aliphatic heterocycles. The van der Waals surface area contributed by atoms with Crippen molar-refractivity contribution in [1.82, 2.24) is 9.80 Å². The summed E-state index contributed by atoms with van der Waals surface area (Å²) < 4.78 is 0. The summed E-state index contributed by atoms with van der Waals surface area (Å²) in [5, 5.41) is 11.1. The van der Waals surface area contributed by atoms with Crippen LogP contribution in [-0.4, -0.2) is 47.3 Å². The van der Waals surface area contributed by atoms with Gasteiger partial charge in [-0.3, -0.25) is 14.9 Å². The van der Waals surface area contributed by atoms with Crippen LogP contribution in [0.5, 0.6) is 0 Å². The third kappa shape index (κ3) is 3.97. The summed E-state index contributed by atoms with van der Waals surface area (Å²) in [5.74, 6) is -0.134. The van der Waals surface area contributed by atoms with Crippen LogP contribution in [0.1, 0.15) is 17.2 Å². The fourth-order valence-corrected chi connectivity index (χ4v) is 3.20. The van der Waals surface area contributed by atoms with Crippen molar-refractivity contribution in [2.24, 2.45) is 0 Å². The molecule has 1 amide bonds. The standard InChI is InChI=1S/C20H21N3O3/c1-21-13-14-22(19(15-21)16-7-3-2-4-8-16)20(24)12-11-17-9-5-6-10-18(17)23(25)26/h2-12,19H,13-15H2,1H3/b12-11+. The van der Waals surface area contributed by atoms with Gasteiger partial charge in [0.05, 0.1) is 16.5 Å². The maximum Gasteiger partial charge on any atom is 0.276 e. The molecule has 0 aliphatic carbocycles. The Bertz CT molecular complexity index is 820. The van der Waals surface area contributed by atoms with Crippen LogP contribution in [0.4, 0.5) is 5.69 Å². The number of amides is 1. The van der Waals surface area contributed by atoms with Gasteiger partial charge in [0.1, 0.15) is 0 Å². The second-order valence-electron chi connectivity index (χ2n) is 6.37. The lowest BCUT2D eigenvalue weighted by atomic mass is 10.0. The van der Waals surface area contributed by atoms with Gasteiger partial charge in [0.15, 0.2) is 0 Å². The van der Waals surface area contributed by atoms with Gasteiger partial charge in [-0.1, -0.05) is 42.5 Å². The Labute approximate surface area is 152 Å². The van der Waals surface area contributed by atoms with Crippen molar-refractivity contribution < 1.29 is 9.72 Å². The first-order valence-corrected chi connectivity index (χ1v) is 8.52. The zero-order valence-electron chi connectivity index (χ0n) is 14.6. The molecule has 0 bridgehead atoms. The molecule has 0 spiro atoms. The largest absolute Gasteiger partial charge is 0.330 e.